The number of imide groups is 1. The second kappa shape index (κ2) is 8.27. The lowest BCUT2D eigenvalue weighted by molar-refractivity contribution is -0.119. The van der Waals surface area contributed by atoms with E-state index in [1.165, 1.54) is 13.2 Å². The number of nitrogens with zero attached hydrogens (tertiary/aromatic N) is 1. The Bertz CT molecular complexity index is 1130. The highest BCUT2D eigenvalue weighted by atomic mass is 16.3. The number of rotatable bonds is 6. The minimum absolute atomic E-state index is 0.194. The minimum Gasteiger partial charge on any atom is -0.467 e. The molecule has 2 aromatic carbocycles. The van der Waals surface area contributed by atoms with Gasteiger partial charge in [0.25, 0.3) is 17.7 Å². The molecule has 2 heterocycles. The van der Waals surface area contributed by atoms with E-state index in [0.717, 1.165) is 4.90 Å². The van der Waals surface area contributed by atoms with Gasteiger partial charge >= 0.3 is 0 Å². The molecule has 2 N–H and O–H groups in total. The molecule has 1 unspecified atom stereocenters. The van der Waals surface area contributed by atoms with Crippen molar-refractivity contribution in [2.45, 2.75) is 19.5 Å². The summed E-state index contributed by atoms with van der Waals surface area (Å²) in [6.45, 7) is 1.66. The molecule has 1 aliphatic heterocycles. The number of hydrogen-bond donors (Lipinski definition) is 2. The molecule has 1 aliphatic rings. The first-order chi connectivity index (χ1) is 15.0. The standard InChI is InChI=1S/C23H19N3O5/c1-14(26-22(29)16-8-2-3-9-17(16)23(26)30)20(27)25-19-11-5-4-10-18(19)21(28)24-13-15-7-6-12-31-15/h2-12,14H,13H2,1H3,(H,24,28)(H,25,27). The third-order valence-corrected chi connectivity index (χ3v) is 5.03. The van der Waals surface area contributed by atoms with Crippen molar-refractivity contribution in [3.05, 3.63) is 89.4 Å². The Balaban J connectivity index is 1.48. The van der Waals surface area contributed by atoms with Gasteiger partial charge in [0.05, 0.1) is 35.2 Å². The molecule has 0 aliphatic carbocycles. The van der Waals surface area contributed by atoms with Crippen LogP contribution < -0.4 is 10.6 Å². The first-order valence-electron chi connectivity index (χ1n) is 9.64. The van der Waals surface area contributed by atoms with E-state index in [0.29, 0.717) is 5.76 Å². The lowest BCUT2D eigenvalue weighted by atomic mass is 10.1. The molecule has 0 spiro atoms. The molecule has 4 amide bonds. The van der Waals surface area contributed by atoms with Gasteiger partial charge in [-0.3, -0.25) is 24.1 Å². The third-order valence-electron chi connectivity index (χ3n) is 5.03. The summed E-state index contributed by atoms with van der Waals surface area (Å²) in [5.41, 5.74) is 1.06. The molecular formula is C23H19N3O5. The molecule has 8 heteroatoms. The van der Waals surface area contributed by atoms with Crippen LogP contribution in [0.3, 0.4) is 0 Å². The Morgan fingerprint density at radius 1 is 0.935 bits per heavy atom. The third kappa shape index (κ3) is 3.83. The topological polar surface area (TPSA) is 109 Å². The van der Waals surface area contributed by atoms with E-state index in [2.05, 4.69) is 10.6 Å². The van der Waals surface area contributed by atoms with Gasteiger partial charge in [0.1, 0.15) is 11.8 Å². The summed E-state index contributed by atoms with van der Waals surface area (Å²) in [5, 5.41) is 5.38. The number of amides is 4. The molecule has 8 nitrogen and oxygen atoms in total. The van der Waals surface area contributed by atoms with Gasteiger partial charge in [0.2, 0.25) is 5.91 Å². The molecular weight excluding hydrogens is 398 g/mol. The maximum absolute atomic E-state index is 12.9. The quantitative estimate of drug-likeness (QED) is 0.600. The predicted molar refractivity (Wildman–Crippen MR) is 111 cm³/mol. The second-order valence-electron chi connectivity index (χ2n) is 7.00. The molecule has 31 heavy (non-hydrogen) atoms. The van der Waals surface area contributed by atoms with E-state index in [1.807, 2.05) is 0 Å². The molecule has 1 aromatic heterocycles. The molecule has 0 bridgehead atoms. The summed E-state index contributed by atoms with van der Waals surface area (Å²) in [5.74, 6) is -1.43. The SMILES string of the molecule is CC(C(=O)Nc1ccccc1C(=O)NCc1ccco1)N1C(=O)c2ccccc2C1=O. The van der Waals surface area contributed by atoms with E-state index in [-0.39, 0.29) is 28.9 Å². The van der Waals surface area contributed by atoms with E-state index < -0.39 is 29.7 Å². The molecule has 1 atom stereocenters. The van der Waals surface area contributed by atoms with Crippen LogP contribution in [0.15, 0.2) is 71.3 Å². The lowest BCUT2D eigenvalue weighted by Crippen LogP contribution is -2.45. The average molecular weight is 417 g/mol. The van der Waals surface area contributed by atoms with E-state index >= 15 is 0 Å². The van der Waals surface area contributed by atoms with Gasteiger partial charge in [-0.25, -0.2) is 0 Å². The fraction of sp³-hybridized carbons (Fsp3) is 0.130. The number of fused-ring (bicyclic) bond motifs is 1. The molecule has 0 fully saturated rings. The van der Waals surface area contributed by atoms with Crippen molar-refractivity contribution in [2.75, 3.05) is 5.32 Å². The zero-order valence-electron chi connectivity index (χ0n) is 16.6. The van der Waals surface area contributed by atoms with Crippen molar-refractivity contribution in [2.24, 2.45) is 0 Å². The van der Waals surface area contributed by atoms with Gasteiger partial charge in [0, 0.05) is 0 Å². The van der Waals surface area contributed by atoms with E-state index in [1.54, 1.807) is 60.7 Å². The number of para-hydroxylation sites is 1. The Kier molecular flexibility index (Phi) is 5.36. The van der Waals surface area contributed by atoms with Gasteiger partial charge in [0.15, 0.2) is 0 Å². The molecule has 0 radical (unpaired) electrons. The first-order valence-corrected chi connectivity index (χ1v) is 9.64. The fourth-order valence-corrected chi connectivity index (χ4v) is 3.38. The molecule has 3 aromatic rings. The van der Waals surface area contributed by atoms with Crippen molar-refractivity contribution < 1.29 is 23.6 Å². The normalized spacial score (nSPS) is 13.6. The van der Waals surface area contributed by atoms with Gasteiger partial charge in [-0.15, -0.1) is 0 Å². The van der Waals surface area contributed by atoms with E-state index in [9.17, 15) is 19.2 Å². The van der Waals surface area contributed by atoms with Crippen LogP contribution in [0.5, 0.6) is 0 Å². The Labute approximate surface area is 177 Å². The Morgan fingerprint density at radius 2 is 1.58 bits per heavy atom. The summed E-state index contributed by atoms with van der Waals surface area (Å²) in [6.07, 6.45) is 1.51. The minimum atomic E-state index is -1.06. The lowest BCUT2D eigenvalue weighted by Gasteiger charge is -2.22. The molecule has 0 saturated carbocycles. The van der Waals surface area contributed by atoms with Gasteiger partial charge in [-0.2, -0.15) is 0 Å². The first kappa shape index (κ1) is 20.1. The Morgan fingerprint density at radius 3 is 2.23 bits per heavy atom. The van der Waals surface area contributed by atoms with Crippen molar-refractivity contribution in [3.8, 4) is 0 Å². The van der Waals surface area contributed by atoms with Crippen LogP contribution in [0.2, 0.25) is 0 Å². The van der Waals surface area contributed by atoms with Crippen LogP contribution in [-0.4, -0.2) is 34.6 Å². The average Bonchev–Trinajstić information content (AvgIpc) is 3.39. The van der Waals surface area contributed by atoms with Crippen LogP contribution in [-0.2, 0) is 11.3 Å². The number of hydrogen-bond acceptors (Lipinski definition) is 5. The van der Waals surface area contributed by atoms with E-state index in [4.69, 9.17) is 4.42 Å². The number of carbonyl (C=O) groups is 4. The van der Waals surface area contributed by atoms with Crippen LogP contribution >= 0.6 is 0 Å². The summed E-state index contributed by atoms with van der Waals surface area (Å²) in [7, 11) is 0. The summed E-state index contributed by atoms with van der Waals surface area (Å²) in [4.78, 5) is 51.6. The van der Waals surface area contributed by atoms with Crippen molar-refractivity contribution in [1.29, 1.82) is 0 Å². The van der Waals surface area contributed by atoms with Gasteiger partial charge < -0.3 is 15.1 Å². The zero-order valence-corrected chi connectivity index (χ0v) is 16.6. The van der Waals surface area contributed by atoms with Crippen LogP contribution in [0.25, 0.3) is 0 Å². The fourth-order valence-electron chi connectivity index (χ4n) is 3.38. The van der Waals surface area contributed by atoms with Crippen LogP contribution in [0.1, 0.15) is 43.8 Å². The van der Waals surface area contributed by atoms with Crippen LogP contribution in [0, 0.1) is 0 Å². The maximum Gasteiger partial charge on any atom is 0.262 e. The smallest absolute Gasteiger partial charge is 0.262 e. The number of benzene rings is 2. The number of anilines is 1. The highest BCUT2D eigenvalue weighted by Crippen LogP contribution is 2.25. The largest absolute Gasteiger partial charge is 0.467 e. The number of carbonyl (C=O) groups excluding carboxylic acids is 4. The van der Waals surface area contributed by atoms with Crippen molar-refractivity contribution in [3.63, 3.8) is 0 Å². The highest BCUT2D eigenvalue weighted by molar-refractivity contribution is 6.23. The van der Waals surface area contributed by atoms with Crippen LogP contribution in [0.4, 0.5) is 5.69 Å². The van der Waals surface area contributed by atoms with Gasteiger partial charge in [-0.1, -0.05) is 24.3 Å². The summed E-state index contributed by atoms with van der Waals surface area (Å²) >= 11 is 0. The molecule has 0 saturated heterocycles. The van der Waals surface area contributed by atoms with Crippen molar-refractivity contribution >= 4 is 29.3 Å². The summed E-state index contributed by atoms with van der Waals surface area (Å²) < 4.78 is 5.20. The number of nitrogens with one attached hydrogen (secondary N) is 2. The predicted octanol–water partition coefficient (Wildman–Crippen LogP) is 2.83. The highest BCUT2D eigenvalue weighted by Gasteiger charge is 2.40. The monoisotopic (exact) mass is 417 g/mol. The maximum atomic E-state index is 12.9. The second-order valence-corrected chi connectivity index (χ2v) is 7.00. The zero-order chi connectivity index (χ0) is 22.0. The number of furan rings is 1. The summed E-state index contributed by atoms with van der Waals surface area (Å²) in [6, 6.07) is 15.3. The Hall–Kier alpha value is -4.20. The van der Waals surface area contributed by atoms with Crippen molar-refractivity contribution in [1.82, 2.24) is 10.2 Å². The molecule has 4 rings (SSSR count). The van der Waals surface area contributed by atoms with Gasteiger partial charge in [-0.05, 0) is 43.3 Å². The molecule has 156 valence electrons.